The summed E-state index contributed by atoms with van der Waals surface area (Å²) in [4.78, 5) is 11.1. The number of methoxy groups -OCH3 is 1. The largest absolute Gasteiger partial charge is 0.469 e. The molecule has 1 aliphatic rings. The van der Waals surface area contributed by atoms with Crippen LogP contribution in [0.5, 0.6) is 0 Å². The number of carbonyl (C=O) groups is 1. The van der Waals surface area contributed by atoms with Crippen molar-refractivity contribution in [3.8, 4) is 0 Å². The van der Waals surface area contributed by atoms with E-state index in [0.717, 1.165) is 7.11 Å². The monoisotopic (exact) mass is 176 g/mol. The molecule has 0 aromatic carbocycles. The molecule has 12 heavy (non-hydrogen) atoms. The maximum atomic E-state index is 11.1. The second kappa shape index (κ2) is 3.87. The average molecular weight is 176 g/mol. The highest BCUT2D eigenvalue weighted by atomic mass is 16.7. The van der Waals surface area contributed by atoms with Gasteiger partial charge in [0, 0.05) is 9.16 Å². The van der Waals surface area contributed by atoms with Crippen LogP contribution in [0.25, 0.3) is 0 Å². The topological polar surface area (TPSA) is 44.8 Å². The van der Waals surface area contributed by atoms with E-state index in [-0.39, 0.29) is 6.42 Å². The lowest BCUT2D eigenvalue weighted by atomic mass is 10.2. The van der Waals surface area contributed by atoms with Gasteiger partial charge < -0.3 is 14.2 Å². The van der Waals surface area contributed by atoms with Crippen LogP contribution < -0.4 is 0 Å². The highest BCUT2D eigenvalue weighted by Crippen LogP contribution is 2.23. The van der Waals surface area contributed by atoms with E-state index in [1.165, 1.54) is 0 Å². The Bertz CT molecular complexity index is 223. The van der Waals surface area contributed by atoms with Crippen LogP contribution in [0.2, 0.25) is 0 Å². The van der Waals surface area contributed by atoms with E-state index >= 15 is 0 Å². The van der Waals surface area contributed by atoms with Gasteiger partial charge in [-0.05, 0) is 6.92 Å². The molecule has 70 valence electrons. The fraction of sp³-hybridized carbons (Fsp3) is 0.875. The molecular weight excluding hydrogens is 160 g/mol. The Morgan fingerprint density at radius 1 is 1.67 bits per heavy atom. The minimum absolute atomic E-state index is 0.160. The van der Waals surface area contributed by atoms with E-state index in [0.29, 0.717) is 13.2 Å². The molecular formula is C8H14O4. The zero-order valence-electron chi connectivity index (χ0n) is 9.25. The van der Waals surface area contributed by atoms with E-state index in [2.05, 4.69) is 4.74 Å². The molecule has 0 unspecified atom stereocenters. The number of carbonyl (C=O) groups excluding carboxylic acids is 1. The van der Waals surface area contributed by atoms with E-state index in [1.54, 1.807) is 6.92 Å². The molecule has 0 aromatic rings. The normalized spacial score (nSPS) is 24.5. The highest BCUT2D eigenvalue weighted by molar-refractivity contribution is 5.69. The predicted molar refractivity (Wildman–Crippen MR) is 41.6 cm³/mol. The van der Waals surface area contributed by atoms with Crippen molar-refractivity contribution in [3.63, 3.8) is 0 Å². The molecule has 1 saturated heterocycles. The van der Waals surface area contributed by atoms with Crippen LogP contribution >= 0.6 is 0 Å². The fourth-order valence-electron chi connectivity index (χ4n) is 0.964. The van der Waals surface area contributed by atoms with Crippen molar-refractivity contribution in [2.24, 2.45) is 0 Å². The van der Waals surface area contributed by atoms with Gasteiger partial charge in [-0.15, -0.1) is 0 Å². The first kappa shape index (κ1) is 6.86. The molecule has 0 atom stereocenters. The minimum Gasteiger partial charge on any atom is -0.469 e. The Morgan fingerprint density at radius 3 is 2.75 bits per heavy atom. The second-order valence-electron chi connectivity index (χ2n) is 2.68. The summed E-state index contributed by atoms with van der Waals surface area (Å²) in [5.41, 5.74) is 0. The first-order valence-corrected chi connectivity index (χ1v) is 3.76. The number of hydrogen-bond acceptors (Lipinski definition) is 4. The molecule has 0 amide bonds. The number of rotatable bonds is 3. The zero-order chi connectivity index (χ0) is 10.8. The zero-order valence-corrected chi connectivity index (χ0v) is 7.25. The number of ether oxygens (including phenoxy) is 3. The van der Waals surface area contributed by atoms with Crippen molar-refractivity contribution in [1.29, 1.82) is 0 Å². The summed E-state index contributed by atoms with van der Waals surface area (Å²) < 4.78 is 29.7. The van der Waals surface area contributed by atoms with Crippen molar-refractivity contribution in [2.75, 3.05) is 20.3 Å². The molecule has 1 aliphatic heterocycles. The third kappa shape index (κ3) is 2.46. The van der Waals surface area contributed by atoms with Crippen molar-refractivity contribution < 1.29 is 21.7 Å². The molecule has 4 heteroatoms. The summed E-state index contributed by atoms with van der Waals surface area (Å²) >= 11 is 0. The van der Waals surface area contributed by atoms with Gasteiger partial charge in [0.15, 0.2) is 5.79 Å². The van der Waals surface area contributed by atoms with Crippen LogP contribution in [0, 0.1) is 0 Å². The number of hydrogen-bond donors (Lipinski definition) is 0. The molecule has 0 aromatic heterocycles. The van der Waals surface area contributed by atoms with Gasteiger partial charge in [0.05, 0.1) is 26.7 Å². The quantitative estimate of drug-likeness (QED) is 0.594. The maximum Gasteiger partial charge on any atom is 0.305 e. The fourth-order valence-corrected chi connectivity index (χ4v) is 0.964. The lowest BCUT2D eigenvalue weighted by Gasteiger charge is -2.21. The SMILES string of the molecule is [2H]C([2H])(CC1(C)OCCO1)C(=O)OC. The highest BCUT2D eigenvalue weighted by Gasteiger charge is 2.31. The van der Waals surface area contributed by atoms with Gasteiger partial charge in [0.1, 0.15) is 0 Å². The van der Waals surface area contributed by atoms with Gasteiger partial charge in [-0.25, -0.2) is 0 Å². The van der Waals surface area contributed by atoms with Crippen LogP contribution in [-0.2, 0) is 19.0 Å². The van der Waals surface area contributed by atoms with Crippen LogP contribution in [0.3, 0.4) is 0 Å². The Hall–Kier alpha value is -0.610. The summed E-state index contributed by atoms with van der Waals surface area (Å²) in [5, 5.41) is 0. The van der Waals surface area contributed by atoms with E-state index in [4.69, 9.17) is 12.2 Å². The Labute approximate surface area is 74.6 Å². The summed E-state index contributed by atoms with van der Waals surface area (Å²) in [6.45, 7) is 2.46. The molecule has 0 aliphatic carbocycles. The van der Waals surface area contributed by atoms with Gasteiger partial charge in [-0.3, -0.25) is 4.79 Å². The number of esters is 1. The summed E-state index contributed by atoms with van der Waals surface area (Å²) in [5.74, 6) is -1.92. The van der Waals surface area contributed by atoms with Crippen LogP contribution in [-0.4, -0.2) is 32.1 Å². The smallest absolute Gasteiger partial charge is 0.305 e. The summed E-state index contributed by atoms with van der Waals surface area (Å²) in [6, 6.07) is 0. The van der Waals surface area contributed by atoms with E-state index in [1.807, 2.05) is 0 Å². The van der Waals surface area contributed by atoms with Gasteiger partial charge >= 0.3 is 5.97 Å². The van der Waals surface area contributed by atoms with Crippen molar-refractivity contribution >= 4 is 5.97 Å². The van der Waals surface area contributed by atoms with Crippen molar-refractivity contribution in [1.82, 2.24) is 0 Å². The van der Waals surface area contributed by atoms with Crippen molar-refractivity contribution in [3.05, 3.63) is 0 Å². The predicted octanol–water partition coefficient (Wildman–Crippen LogP) is 0.703. The second-order valence-corrected chi connectivity index (χ2v) is 2.68. The van der Waals surface area contributed by atoms with Gasteiger partial charge in [-0.1, -0.05) is 0 Å². The molecule has 0 N–H and O–H groups in total. The van der Waals surface area contributed by atoms with Crippen LogP contribution in [0.15, 0.2) is 0 Å². The molecule has 1 rings (SSSR count). The van der Waals surface area contributed by atoms with Gasteiger partial charge in [0.25, 0.3) is 0 Å². The van der Waals surface area contributed by atoms with Crippen LogP contribution in [0.1, 0.15) is 22.5 Å². The standard InChI is InChI=1S/C8H14O4/c1-8(11-5-6-12-8)4-3-7(9)10-2/h3-6H2,1-2H3/i3D2. The minimum atomic E-state index is -2.08. The Morgan fingerprint density at radius 2 is 2.25 bits per heavy atom. The Kier molecular flexibility index (Phi) is 2.21. The molecule has 1 heterocycles. The molecule has 1 fully saturated rings. The average Bonchev–Trinajstić information content (AvgIpc) is 2.49. The van der Waals surface area contributed by atoms with Crippen LogP contribution in [0.4, 0.5) is 0 Å². The summed E-state index contributed by atoms with van der Waals surface area (Å²) in [6.07, 6.45) is -2.24. The Balaban J connectivity index is 2.61. The third-order valence-corrected chi connectivity index (χ3v) is 1.64. The lowest BCUT2D eigenvalue weighted by Crippen LogP contribution is -2.26. The lowest BCUT2D eigenvalue weighted by molar-refractivity contribution is -0.159. The molecule has 0 bridgehead atoms. The molecule has 0 saturated carbocycles. The van der Waals surface area contributed by atoms with Gasteiger partial charge in [0.2, 0.25) is 0 Å². The van der Waals surface area contributed by atoms with Gasteiger partial charge in [-0.2, -0.15) is 0 Å². The van der Waals surface area contributed by atoms with E-state index < -0.39 is 18.1 Å². The van der Waals surface area contributed by atoms with Crippen molar-refractivity contribution in [2.45, 2.75) is 25.5 Å². The maximum absolute atomic E-state index is 11.1. The first-order chi connectivity index (χ1) is 6.40. The van der Waals surface area contributed by atoms with E-state index in [9.17, 15) is 4.79 Å². The third-order valence-electron chi connectivity index (χ3n) is 1.64. The molecule has 0 spiro atoms. The summed E-state index contributed by atoms with van der Waals surface area (Å²) in [7, 11) is 1.15. The first-order valence-electron chi connectivity index (χ1n) is 4.76. The molecule has 0 radical (unpaired) electrons. The molecule has 4 nitrogen and oxygen atoms in total.